The lowest BCUT2D eigenvalue weighted by Crippen LogP contribution is -2.25. The maximum Gasteiger partial charge on any atom is 0.280 e. The summed E-state index contributed by atoms with van der Waals surface area (Å²) in [6.45, 7) is 0. The van der Waals surface area contributed by atoms with Crippen LogP contribution in [0.2, 0.25) is 5.02 Å². The zero-order valence-corrected chi connectivity index (χ0v) is 20.0. The number of rotatable bonds is 7. The van der Waals surface area contributed by atoms with E-state index in [9.17, 15) is 9.18 Å². The van der Waals surface area contributed by atoms with Crippen molar-refractivity contribution in [3.63, 3.8) is 0 Å². The average Bonchev–Trinajstić information content (AvgIpc) is 3.26. The number of hydrogen-bond acceptors (Lipinski definition) is 7. The van der Waals surface area contributed by atoms with Crippen LogP contribution in [0.15, 0.2) is 59.7 Å². The third kappa shape index (κ3) is 4.80. The van der Waals surface area contributed by atoms with Gasteiger partial charge in [-0.25, -0.2) is 9.37 Å². The summed E-state index contributed by atoms with van der Waals surface area (Å²) in [7, 11) is 4.52. The maximum atomic E-state index is 13.7. The van der Waals surface area contributed by atoms with Crippen molar-refractivity contribution in [3.8, 4) is 17.2 Å². The normalized spacial score (nSPS) is 11.1. The first kappa shape index (κ1) is 23.5. The van der Waals surface area contributed by atoms with E-state index < -0.39 is 11.7 Å². The Bertz CT molecular complexity index is 1370. The van der Waals surface area contributed by atoms with Crippen LogP contribution in [0, 0.1) is 5.82 Å². The number of methoxy groups -OCH3 is 3. The van der Waals surface area contributed by atoms with Crippen LogP contribution in [0.3, 0.4) is 0 Å². The van der Waals surface area contributed by atoms with Crippen LogP contribution in [0.4, 0.5) is 9.52 Å². The van der Waals surface area contributed by atoms with E-state index in [1.807, 2.05) is 0 Å². The minimum Gasteiger partial charge on any atom is -0.493 e. The number of halogens is 2. The molecule has 174 valence electrons. The molecule has 4 aromatic rings. The molecule has 1 aromatic heterocycles. The lowest BCUT2D eigenvalue weighted by atomic mass is 10.2. The Morgan fingerprint density at radius 3 is 2.44 bits per heavy atom. The number of hydrazone groups is 1. The molecule has 0 bridgehead atoms. The zero-order chi connectivity index (χ0) is 24.2. The van der Waals surface area contributed by atoms with E-state index >= 15 is 0 Å². The number of nitrogens with zero attached hydrogens (tertiary/aromatic N) is 3. The molecular weight excluding hydrogens is 481 g/mol. The average molecular weight is 500 g/mol. The number of anilines is 1. The summed E-state index contributed by atoms with van der Waals surface area (Å²) in [5.41, 5.74) is 1.46. The van der Waals surface area contributed by atoms with Crippen LogP contribution in [0.5, 0.6) is 17.2 Å². The minimum atomic E-state index is -0.453. The lowest BCUT2D eigenvalue weighted by molar-refractivity contribution is 0.0988. The van der Waals surface area contributed by atoms with Gasteiger partial charge in [0.2, 0.25) is 10.9 Å². The predicted molar refractivity (Wildman–Crippen MR) is 132 cm³/mol. The summed E-state index contributed by atoms with van der Waals surface area (Å²) in [4.78, 5) is 17.9. The highest BCUT2D eigenvalue weighted by atomic mass is 35.5. The van der Waals surface area contributed by atoms with E-state index in [1.54, 1.807) is 42.5 Å². The second-order valence-electron chi connectivity index (χ2n) is 6.94. The van der Waals surface area contributed by atoms with Crippen molar-refractivity contribution in [3.05, 3.63) is 76.6 Å². The molecule has 0 fully saturated rings. The van der Waals surface area contributed by atoms with E-state index in [4.69, 9.17) is 25.8 Å². The molecule has 0 saturated carbocycles. The Labute approximate surface area is 204 Å². The summed E-state index contributed by atoms with van der Waals surface area (Å²) in [5.74, 6) is 0.460. The maximum absolute atomic E-state index is 13.7. The summed E-state index contributed by atoms with van der Waals surface area (Å²) in [5, 5.41) is 6.24. The molecule has 0 aliphatic heterocycles. The van der Waals surface area contributed by atoms with Crippen LogP contribution in [-0.4, -0.2) is 38.4 Å². The van der Waals surface area contributed by atoms with Gasteiger partial charge in [0.1, 0.15) is 5.82 Å². The molecule has 0 saturated heterocycles. The first-order valence-electron chi connectivity index (χ1n) is 9.93. The first-order chi connectivity index (χ1) is 16.4. The van der Waals surface area contributed by atoms with Gasteiger partial charge in [-0.1, -0.05) is 29.0 Å². The van der Waals surface area contributed by atoms with Gasteiger partial charge in [0.25, 0.3) is 5.91 Å². The lowest BCUT2D eigenvalue weighted by Gasteiger charge is -2.15. The number of amides is 1. The highest BCUT2D eigenvalue weighted by Crippen LogP contribution is 2.38. The van der Waals surface area contributed by atoms with Gasteiger partial charge < -0.3 is 14.2 Å². The number of fused-ring (bicyclic) bond motifs is 1. The van der Waals surface area contributed by atoms with Gasteiger partial charge in [-0.15, -0.1) is 0 Å². The highest BCUT2D eigenvalue weighted by Gasteiger charge is 2.22. The van der Waals surface area contributed by atoms with Crippen molar-refractivity contribution in [1.82, 2.24) is 4.98 Å². The summed E-state index contributed by atoms with van der Waals surface area (Å²) < 4.78 is 30.4. The van der Waals surface area contributed by atoms with Crippen LogP contribution in [-0.2, 0) is 0 Å². The molecular formula is C24H19ClFN3O4S. The largest absolute Gasteiger partial charge is 0.493 e. The van der Waals surface area contributed by atoms with Gasteiger partial charge in [-0.2, -0.15) is 10.1 Å². The molecule has 1 amide bonds. The van der Waals surface area contributed by atoms with Gasteiger partial charge in [0.05, 0.1) is 37.8 Å². The fourth-order valence-electron chi connectivity index (χ4n) is 3.21. The molecule has 0 aliphatic rings. The Kier molecular flexibility index (Phi) is 6.95. The number of carbonyl (C=O) groups excluding carboxylic acids is 1. The second-order valence-corrected chi connectivity index (χ2v) is 8.38. The van der Waals surface area contributed by atoms with Crippen molar-refractivity contribution in [1.29, 1.82) is 0 Å². The molecule has 0 N–H and O–H groups in total. The van der Waals surface area contributed by atoms with Crippen molar-refractivity contribution in [2.24, 2.45) is 5.10 Å². The molecule has 0 aliphatic carbocycles. The molecule has 0 atom stereocenters. The van der Waals surface area contributed by atoms with Gasteiger partial charge in [-0.3, -0.25) is 4.79 Å². The standard InChI is InChI=1S/C24H19ClFN3O4S/c1-31-19-9-14(10-20(32-2)22(19)33-3)13-27-29(23(30)15-5-4-6-16(25)11-15)24-28-18-8-7-17(26)12-21(18)34-24/h4-13H,1-3H3/b27-13+. The third-order valence-electron chi connectivity index (χ3n) is 4.79. The SMILES string of the molecule is COc1cc(/C=N/N(C(=O)c2cccc(Cl)c2)c2nc3ccc(F)cc3s2)cc(OC)c1OC. The van der Waals surface area contributed by atoms with Crippen molar-refractivity contribution in [2.45, 2.75) is 0 Å². The Morgan fingerprint density at radius 2 is 1.79 bits per heavy atom. The van der Waals surface area contributed by atoms with Gasteiger partial charge in [0.15, 0.2) is 11.5 Å². The summed E-state index contributed by atoms with van der Waals surface area (Å²) in [6.07, 6.45) is 1.47. The fraction of sp³-hybridized carbons (Fsp3) is 0.125. The quantitative estimate of drug-likeness (QED) is 0.237. The smallest absolute Gasteiger partial charge is 0.280 e. The molecule has 34 heavy (non-hydrogen) atoms. The second kappa shape index (κ2) is 10.1. The van der Waals surface area contributed by atoms with Crippen LogP contribution in [0.1, 0.15) is 15.9 Å². The van der Waals surface area contributed by atoms with Crippen molar-refractivity contribution < 1.29 is 23.4 Å². The fourth-order valence-corrected chi connectivity index (χ4v) is 4.35. The predicted octanol–water partition coefficient (Wildman–Crippen LogP) is 5.80. The van der Waals surface area contributed by atoms with Crippen LogP contribution < -0.4 is 19.2 Å². The van der Waals surface area contributed by atoms with Crippen LogP contribution >= 0.6 is 22.9 Å². The third-order valence-corrected chi connectivity index (χ3v) is 6.02. The van der Waals surface area contributed by atoms with Gasteiger partial charge >= 0.3 is 0 Å². The Morgan fingerprint density at radius 1 is 1.06 bits per heavy atom. The van der Waals surface area contributed by atoms with E-state index in [0.717, 1.165) is 16.3 Å². The van der Waals surface area contributed by atoms with E-state index in [0.29, 0.717) is 43.6 Å². The number of ether oxygens (including phenoxy) is 3. The number of hydrogen-bond donors (Lipinski definition) is 0. The number of benzene rings is 3. The molecule has 0 radical (unpaired) electrons. The molecule has 4 rings (SSSR count). The molecule has 0 spiro atoms. The van der Waals surface area contributed by atoms with Crippen LogP contribution in [0.25, 0.3) is 10.2 Å². The molecule has 0 unspecified atom stereocenters. The zero-order valence-electron chi connectivity index (χ0n) is 18.4. The summed E-state index contributed by atoms with van der Waals surface area (Å²) in [6, 6.07) is 14.1. The molecule has 10 heteroatoms. The molecule has 3 aromatic carbocycles. The van der Waals surface area contributed by atoms with E-state index in [2.05, 4.69) is 10.1 Å². The number of carbonyl (C=O) groups is 1. The number of thiazole rings is 1. The van der Waals surface area contributed by atoms with Crippen molar-refractivity contribution in [2.75, 3.05) is 26.3 Å². The van der Waals surface area contributed by atoms with Crippen molar-refractivity contribution >= 4 is 50.4 Å². The number of aromatic nitrogens is 1. The topological polar surface area (TPSA) is 73.2 Å². The van der Waals surface area contributed by atoms with E-state index in [1.165, 1.54) is 39.7 Å². The summed E-state index contributed by atoms with van der Waals surface area (Å²) >= 11 is 7.23. The molecule has 7 nitrogen and oxygen atoms in total. The monoisotopic (exact) mass is 499 g/mol. The van der Waals surface area contributed by atoms with Gasteiger partial charge in [0, 0.05) is 16.1 Å². The highest BCUT2D eigenvalue weighted by molar-refractivity contribution is 7.22. The first-order valence-corrected chi connectivity index (χ1v) is 11.1. The van der Waals surface area contributed by atoms with E-state index in [-0.39, 0.29) is 5.13 Å². The Balaban J connectivity index is 1.79. The molecule has 1 heterocycles. The van der Waals surface area contributed by atoms with Gasteiger partial charge in [-0.05, 0) is 48.5 Å². The Hall–Kier alpha value is -3.69. The minimum absolute atomic E-state index is 0.272.